The van der Waals surface area contributed by atoms with Gasteiger partial charge in [0.15, 0.2) is 0 Å². The van der Waals surface area contributed by atoms with Crippen molar-refractivity contribution in [1.82, 2.24) is 9.97 Å². The van der Waals surface area contributed by atoms with Crippen LogP contribution in [0.1, 0.15) is 45.1 Å². The molecule has 0 saturated carbocycles. The first-order chi connectivity index (χ1) is 9.17. The third kappa shape index (κ3) is 4.46. The number of nitrogens with one attached hydrogen (secondary N) is 1. The highest BCUT2D eigenvalue weighted by Gasteiger charge is 2.18. The van der Waals surface area contributed by atoms with Gasteiger partial charge >= 0.3 is 0 Å². The molecule has 0 bridgehead atoms. The van der Waals surface area contributed by atoms with Crippen LogP contribution in [0, 0.1) is 5.92 Å². The van der Waals surface area contributed by atoms with Crippen molar-refractivity contribution in [3.63, 3.8) is 0 Å². The molecule has 1 aromatic heterocycles. The molecule has 0 aliphatic carbocycles. The van der Waals surface area contributed by atoms with E-state index < -0.39 is 0 Å². The average molecular weight is 263 g/mol. The quantitative estimate of drug-likeness (QED) is 0.857. The van der Waals surface area contributed by atoms with E-state index in [2.05, 4.69) is 42.1 Å². The second kappa shape index (κ2) is 6.85. The molecule has 4 nitrogen and oxygen atoms in total. The minimum atomic E-state index is 0.309. The SMILES string of the molecule is CCNc1cc(CC(C)C)nc(CC2CCCO2)n1. The summed E-state index contributed by atoms with van der Waals surface area (Å²) in [5.41, 5.74) is 1.13. The molecule has 0 amide bonds. The Morgan fingerprint density at radius 1 is 1.42 bits per heavy atom. The summed E-state index contributed by atoms with van der Waals surface area (Å²) in [5, 5.41) is 3.29. The van der Waals surface area contributed by atoms with Crippen LogP contribution in [0.5, 0.6) is 0 Å². The maximum Gasteiger partial charge on any atom is 0.133 e. The minimum absolute atomic E-state index is 0.309. The van der Waals surface area contributed by atoms with Gasteiger partial charge in [0, 0.05) is 31.3 Å². The Bertz CT molecular complexity index is 400. The molecular formula is C15H25N3O. The summed E-state index contributed by atoms with van der Waals surface area (Å²) in [4.78, 5) is 9.28. The molecule has 0 radical (unpaired) electrons. The molecule has 19 heavy (non-hydrogen) atoms. The van der Waals surface area contributed by atoms with Crippen LogP contribution in [0.25, 0.3) is 0 Å². The Kier molecular flexibility index (Phi) is 5.14. The van der Waals surface area contributed by atoms with Gasteiger partial charge in [0.1, 0.15) is 11.6 Å². The van der Waals surface area contributed by atoms with Crippen LogP contribution in [0.3, 0.4) is 0 Å². The number of hydrogen-bond donors (Lipinski definition) is 1. The van der Waals surface area contributed by atoms with Crippen LogP contribution < -0.4 is 5.32 Å². The van der Waals surface area contributed by atoms with Crippen LogP contribution in [-0.2, 0) is 17.6 Å². The summed E-state index contributed by atoms with van der Waals surface area (Å²) in [6.07, 6.45) is 4.44. The first-order valence-corrected chi connectivity index (χ1v) is 7.39. The van der Waals surface area contributed by atoms with Crippen molar-refractivity contribution in [3.05, 3.63) is 17.6 Å². The summed E-state index contributed by atoms with van der Waals surface area (Å²) < 4.78 is 5.68. The predicted octanol–water partition coefficient (Wildman–Crippen LogP) is 2.83. The van der Waals surface area contributed by atoms with E-state index in [1.807, 2.05) is 0 Å². The van der Waals surface area contributed by atoms with Crippen molar-refractivity contribution >= 4 is 5.82 Å². The fourth-order valence-corrected chi connectivity index (χ4v) is 2.45. The van der Waals surface area contributed by atoms with Crippen molar-refractivity contribution in [2.24, 2.45) is 5.92 Å². The third-order valence-corrected chi connectivity index (χ3v) is 3.24. The summed E-state index contributed by atoms with van der Waals surface area (Å²) in [5.74, 6) is 2.47. The van der Waals surface area contributed by atoms with E-state index in [1.54, 1.807) is 0 Å². The molecule has 0 aromatic carbocycles. The molecule has 2 heterocycles. The van der Waals surface area contributed by atoms with Crippen molar-refractivity contribution < 1.29 is 4.74 Å². The highest BCUT2D eigenvalue weighted by atomic mass is 16.5. The van der Waals surface area contributed by atoms with Crippen LogP contribution >= 0.6 is 0 Å². The topological polar surface area (TPSA) is 47.0 Å². The van der Waals surface area contributed by atoms with Crippen molar-refractivity contribution in [3.8, 4) is 0 Å². The van der Waals surface area contributed by atoms with E-state index in [4.69, 9.17) is 4.74 Å². The molecule has 1 aliphatic heterocycles. The smallest absolute Gasteiger partial charge is 0.133 e. The lowest BCUT2D eigenvalue weighted by molar-refractivity contribution is 0.110. The molecule has 2 rings (SSSR count). The Morgan fingerprint density at radius 2 is 2.26 bits per heavy atom. The summed E-state index contributed by atoms with van der Waals surface area (Å²) in [6, 6.07) is 2.07. The first-order valence-electron chi connectivity index (χ1n) is 7.39. The average Bonchev–Trinajstić information content (AvgIpc) is 2.81. The van der Waals surface area contributed by atoms with Gasteiger partial charge in [0.2, 0.25) is 0 Å². The Hall–Kier alpha value is -1.16. The standard InChI is InChI=1S/C15H25N3O/c1-4-16-14-9-12(8-11(2)3)17-15(18-14)10-13-6-5-7-19-13/h9,11,13H,4-8,10H2,1-3H3,(H,16,17,18). The van der Waals surface area contributed by atoms with E-state index >= 15 is 0 Å². The Morgan fingerprint density at radius 3 is 2.89 bits per heavy atom. The maximum atomic E-state index is 5.68. The van der Waals surface area contributed by atoms with Gasteiger partial charge in [0.05, 0.1) is 6.10 Å². The van der Waals surface area contributed by atoms with E-state index in [1.165, 1.54) is 0 Å². The fraction of sp³-hybridized carbons (Fsp3) is 0.733. The summed E-state index contributed by atoms with van der Waals surface area (Å²) >= 11 is 0. The molecule has 0 spiro atoms. The van der Waals surface area contributed by atoms with Crippen molar-refractivity contribution in [2.45, 2.75) is 52.6 Å². The predicted molar refractivity (Wildman–Crippen MR) is 77.4 cm³/mol. The Labute approximate surface area is 116 Å². The van der Waals surface area contributed by atoms with E-state index in [-0.39, 0.29) is 0 Å². The normalized spacial score (nSPS) is 19.1. The number of anilines is 1. The van der Waals surface area contributed by atoms with Crippen molar-refractivity contribution in [1.29, 1.82) is 0 Å². The highest BCUT2D eigenvalue weighted by molar-refractivity contribution is 5.36. The lowest BCUT2D eigenvalue weighted by Gasteiger charge is -2.12. The van der Waals surface area contributed by atoms with E-state index in [0.29, 0.717) is 12.0 Å². The zero-order chi connectivity index (χ0) is 13.7. The zero-order valence-electron chi connectivity index (χ0n) is 12.3. The van der Waals surface area contributed by atoms with Gasteiger partial charge < -0.3 is 10.1 Å². The van der Waals surface area contributed by atoms with Gasteiger partial charge in [-0.05, 0) is 32.1 Å². The van der Waals surface area contributed by atoms with Gasteiger partial charge in [-0.25, -0.2) is 9.97 Å². The number of ether oxygens (including phenoxy) is 1. The lowest BCUT2D eigenvalue weighted by atomic mass is 10.1. The molecule has 1 aromatic rings. The highest BCUT2D eigenvalue weighted by Crippen LogP contribution is 2.18. The minimum Gasteiger partial charge on any atom is -0.378 e. The van der Waals surface area contributed by atoms with Gasteiger partial charge in [-0.15, -0.1) is 0 Å². The second-order valence-electron chi connectivity index (χ2n) is 5.63. The third-order valence-electron chi connectivity index (χ3n) is 3.24. The molecule has 1 N–H and O–H groups in total. The molecule has 1 unspecified atom stereocenters. The Balaban J connectivity index is 2.12. The van der Waals surface area contributed by atoms with Gasteiger partial charge in [-0.2, -0.15) is 0 Å². The number of aromatic nitrogens is 2. The zero-order valence-corrected chi connectivity index (χ0v) is 12.3. The fourth-order valence-electron chi connectivity index (χ4n) is 2.45. The van der Waals surface area contributed by atoms with Crippen molar-refractivity contribution in [2.75, 3.05) is 18.5 Å². The van der Waals surface area contributed by atoms with Gasteiger partial charge in [-0.1, -0.05) is 13.8 Å². The van der Waals surface area contributed by atoms with Crippen LogP contribution in [0.15, 0.2) is 6.07 Å². The molecule has 106 valence electrons. The van der Waals surface area contributed by atoms with Crippen LogP contribution in [-0.4, -0.2) is 29.2 Å². The maximum absolute atomic E-state index is 5.68. The monoisotopic (exact) mass is 263 g/mol. The molecule has 1 saturated heterocycles. The van der Waals surface area contributed by atoms with E-state index in [0.717, 1.165) is 56.2 Å². The summed E-state index contributed by atoms with van der Waals surface area (Å²) in [6.45, 7) is 8.29. The summed E-state index contributed by atoms with van der Waals surface area (Å²) in [7, 11) is 0. The molecular weight excluding hydrogens is 238 g/mol. The molecule has 1 aliphatic rings. The van der Waals surface area contributed by atoms with Crippen LogP contribution in [0.2, 0.25) is 0 Å². The second-order valence-corrected chi connectivity index (χ2v) is 5.63. The lowest BCUT2D eigenvalue weighted by Crippen LogP contribution is -2.14. The number of nitrogens with zero attached hydrogens (tertiary/aromatic N) is 2. The van der Waals surface area contributed by atoms with Gasteiger partial charge in [-0.3, -0.25) is 0 Å². The number of rotatable bonds is 6. The molecule has 1 fully saturated rings. The van der Waals surface area contributed by atoms with E-state index in [9.17, 15) is 0 Å². The first kappa shape index (κ1) is 14.3. The van der Waals surface area contributed by atoms with Gasteiger partial charge in [0.25, 0.3) is 0 Å². The van der Waals surface area contributed by atoms with Crippen LogP contribution in [0.4, 0.5) is 5.82 Å². The largest absolute Gasteiger partial charge is 0.378 e. The number of hydrogen-bond acceptors (Lipinski definition) is 4. The molecule has 4 heteroatoms. The molecule has 1 atom stereocenters.